The molecule has 0 aliphatic carbocycles. The lowest BCUT2D eigenvalue weighted by Crippen LogP contribution is -2.50. The van der Waals surface area contributed by atoms with E-state index in [1.54, 1.807) is 4.90 Å². The molecular weight excluding hydrogens is 422 g/mol. The average Bonchev–Trinajstić information content (AvgIpc) is 3.34. The summed E-state index contributed by atoms with van der Waals surface area (Å²) in [5.41, 5.74) is 5.81. The third-order valence-corrected chi connectivity index (χ3v) is 7.67. The molecule has 3 heterocycles. The van der Waals surface area contributed by atoms with Crippen LogP contribution in [-0.4, -0.2) is 28.4 Å². The molecule has 0 radical (unpaired) electrons. The van der Waals surface area contributed by atoms with Crippen molar-refractivity contribution >= 4 is 28.5 Å². The number of rotatable bonds is 3. The van der Waals surface area contributed by atoms with Crippen molar-refractivity contribution in [3.05, 3.63) is 101 Å². The predicted octanol–water partition coefficient (Wildman–Crippen LogP) is 5.87. The zero-order valence-corrected chi connectivity index (χ0v) is 19.6. The number of carbonyl (C=O) groups excluding carboxylic acids is 2. The van der Waals surface area contributed by atoms with E-state index >= 15 is 0 Å². The van der Waals surface area contributed by atoms with E-state index in [4.69, 9.17) is 0 Å². The van der Waals surface area contributed by atoms with E-state index in [1.807, 2.05) is 56.3 Å². The van der Waals surface area contributed by atoms with Crippen molar-refractivity contribution in [2.24, 2.45) is 0 Å². The van der Waals surface area contributed by atoms with Crippen LogP contribution in [0.3, 0.4) is 0 Å². The largest absolute Gasteiger partial charge is 0.356 e. The number of carbonyl (C=O) groups is 2. The first-order valence-electron chi connectivity index (χ1n) is 11.9. The molecule has 170 valence electrons. The molecule has 3 amide bonds. The van der Waals surface area contributed by atoms with Gasteiger partial charge in [0, 0.05) is 23.4 Å². The maximum absolute atomic E-state index is 14.0. The van der Waals surface area contributed by atoms with Crippen LogP contribution in [0.1, 0.15) is 47.7 Å². The van der Waals surface area contributed by atoms with Gasteiger partial charge in [0.15, 0.2) is 5.54 Å². The van der Waals surface area contributed by atoms with E-state index < -0.39 is 5.54 Å². The van der Waals surface area contributed by atoms with Crippen LogP contribution in [0.4, 0.5) is 10.5 Å². The molecule has 34 heavy (non-hydrogen) atoms. The third kappa shape index (κ3) is 2.67. The van der Waals surface area contributed by atoms with Crippen molar-refractivity contribution in [2.75, 3.05) is 11.4 Å². The number of hydrogen-bond acceptors (Lipinski definition) is 2. The summed E-state index contributed by atoms with van der Waals surface area (Å²) in [6, 6.07) is 24.1. The number of H-pyrrole nitrogens is 1. The first-order chi connectivity index (χ1) is 16.4. The summed E-state index contributed by atoms with van der Waals surface area (Å²) in [7, 11) is 0. The molecule has 2 atom stereocenters. The maximum atomic E-state index is 14.0. The maximum Gasteiger partial charge on any atom is 0.332 e. The van der Waals surface area contributed by atoms with Gasteiger partial charge in [-0.3, -0.25) is 4.79 Å². The molecule has 1 aromatic heterocycles. The molecule has 0 bridgehead atoms. The Bertz CT molecular complexity index is 1450. The lowest BCUT2D eigenvalue weighted by atomic mass is 9.78. The highest BCUT2D eigenvalue weighted by Crippen LogP contribution is 2.50. The van der Waals surface area contributed by atoms with Gasteiger partial charge in [0.05, 0.1) is 11.4 Å². The number of amides is 3. The molecule has 1 unspecified atom stereocenters. The van der Waals surface area contributed by atoms with Gasteiger partial charge in [-0.25, -0.2) is 9.69 Å². The average molecular weight is 450 g/mol. The normalized spacial score (nSPS) is 21.8. The van der Waals surface area contributed by atoms with E-state index in [0.717, 1.165) is 39.7 Å². The Kier molecular flexibility index (Phi) is 4.46. The lowest BCUT2D eigenvalue weighted by Gasteiger charge is -2.40. The fourth-order valence-electron chi connectivity index (χ4n) is 5.70. The molecule has 5 nitrogen and oxygen atoms in total. The molecule has 2 aliphatic heterocycles. The van der Waals surface area contributed by atoms with Gasteiger partial charge in [-0.05, 0) is 54.7 Å². The molecule has 1 N–H and O–H groups in total. The van der Waals surface area contributed by atoms with Gasteiger partial charge in [0.1, 0.15) is 0 Å². The van der Waals surface area contributed by atoms with Crippen molar-refractivity contribution in [3.63, 3.8) is 0 Å². The molecule has 0 saturated carbocycles. The SMILES string of the molecule is CCc1ccc(C2CN3C(=O)N(c4ccccc4C)C(=O)[C@]3(C)c3[nH]c4ccccc4c32)cc1. The highest BCUT2D eigenvalue weighted by atomic mass is 16.2. The Morgan fingerprint density at radius 3 is 2.41 bits per heavy atom. The Morgan fingerprint density at radius 2 is 1.68 bits per heavy atom. The van der Waals surface area contributed by atoms with Crippen LogP contribution in [0.25, 0.3) is 10.9 Å². The summed E-state index contributed by atoms with van der Waals surface area (Å²) >= 11 is 0. The summed E-state index contributed by atoms with van der Waals surface area (Å²) in [5, 5.41) is 1.11. The van der Waals surface area contributed by atoms with Crippen molar-refractivity contribution in [1.82, 2.24) is 9.88 Å². The number of urea groups is 1. The highest BCUT2D eigenvalue weighted by molar-refractivity contribution is 6.24. The van der Waals surface area contributed by atoms with Gasteiger partial charge < -0.3 is 9.88 Å². The summed E-state index contributed by atoms with van der Waals surface area (Å²) in [5.74, 6) is -0.238. The van der Waals surface area contributed by atoms with Gasteiger partial charge in [-0.15, -0.1) is 0 Å². The number of nitrogens with one attached hydrogen (secondary N) is 1. The molecule has 3 aromatic carbocycles. The van der Waals surface area contributed by atoms with Crippen LogP contribution in [0.15, 0.2) is 72.8 Å². The monoisotopic (exact) mass is 449 g/mol. The van der Waals surface area contributed by atoms with Crippen molar-refractivity contribution in [3.8, 4) is 0 Å². The van der Waals surface area contributed by atoms with Crippen LogP contribution in [0, 0.1) is 6.92 Å². The van der Waals surface area contributed by atoms with Gasteiger partial charge >= 0.3 is 6.03 Å². The third-order valence-electron chi connectivity index (χ3n) is 7.67. The van der Waals surface area contributed by atoms with Gasteiger partial charge in [0.2, 0.25) is 0 Å². The number of fused-ring (bicyclic) bond motifs is 5. The number of nitrogens with zero attached hydrogens (tertiary/aromatic N) is 2. The summed E-state index contributed by atoms with van der Waals surface area (Å²) in [6.45, 7) is 6.41. The number of anilines is 1. The first-order valence-corrected chi connectivity index (χ1v) is 11.9. The first kappa shape index (κ1) is 20.7. The molecule has 0 spiro atoms. The fourth-order valence-corrected chi connectivity index (χ4v) is 5.70. The zero-order chi connectivity index (χ0) is 23.6. The van der Waals surface area contributed by atoms with E-state index in [-0.39, 0.29) is 17.9 Å². The second-order valence-electron chi connectivity index (χ2n) is 9.50. The predicted molar refractivity (Wildman–Crippen MR) is 134 cm³/mol. The molecule has 1 fully saturated rings. The van der Waals surface area contributed by atoms with Gasteiger partial charge in [0.25, 0.3) is 5.91 Å². The topological polar surface area (TPSA) is 56.4 Å². The van der Waals surface area contributed by atoms with Crippen LogP contribution in [0.2, 0.25) is 0 Å². The van der Waals surface area contributed by atoms with Crippen LogP contribution in [-0.2, 0) is 16.8 Å². The molecular formula is C29H27N3O2. The second-order valence-corrected chi connectivity index (χ2v) is 9.50. The quantitative estimate of drug-likeness (QED) is 0.398. The molecule has 1 saturated heterocycles. The number of para-hydroxylation sites is 2. The number of aromatic nitrogens is 1. The van der Waals surface area contributed by atoms with Crippen molar-refractivity contribution < 1.29 is 9.59 Å². The standard InChI is InChI=1S/C29H27N3O2/c1-4-19-13-15-20(16-14-19)22-17-31-28(34)32(24-12-8-5-9-18(24)2)27(33)29(31,3)26-25(22)21-10-6-7-11-23(21)30-26/h5-16,22,30H,4,17H2,1-3H3/t22?,29-/m0/s1. The van der Waals surface area contributed by atoms with Crippen molar-refractivity contribution in [2.45, 2.75) is 38.6 Å². The fraction of sp³-hybridized carbons (Fsp3) is 0.241. The number of aromatic amines is 1. The van der Waals surface area contributed by atoms with Gasteiger partial charge in [-0.1, -0.05) is 67.6 Å². The summed E-state index contributed by atoms with van der Waals surface area (Å²) < 4.78 is 0. The van der Waals surface area contributed by atoms with E-state index in [1.165, 1.54) is 10.5 Å². The smallest absolute Gasteiger partial charge is 0.332 e. The minimum atomic E-state index is -1.09. The molecule has 4 aromatic rings. The Labute approximate surface area is 199 Å². The Balaban J connectivity index is 1.58. The lowest BCUT2D eigenvalue weighted by molar-refractivity contribution is -0.125. The minimum Gasteiger partial charge on any atom is -0.356 e. The summed E-state index contributed by atoms with van der Waals surface area (Å²) in [4.78, 5) is 34.5. The summed E-state index contributed by atoms with van der Waals surface area (Å²) in [6.07, 6.45) is 0.978. The van der Waals surface area contributed by atoms with Gasteiger partial charge in [-0.2, -0.15) is 0 Å². The second kappa shape index (κ2) is 7.32. The molecule has 2 aliphatic rings. The van der Waals surface area contributed by atoms with Crippen LogP contribution in [0.5, 0.6) is 0 Å². The minimum absolute atomic E-state index is 0.0290. The number of imide groups is 1. The van der Waals surface area contributed by atoms with Crippen LogP contribution >= 0.6 is 0 Å². The van der Waals surface area contributed by atoms with Crippen molar-refractivity contribution in [1.29, 1.82) is 0 Å². The number of hydrogen-bond donors (Lipinski definition) is 1. The Morgan fingerprint density at radius 1 is 0.971 bits per heavy atom. The molecule has 5 heteroatoms. The van der Waals surface area contributed by atoms with E-state index in [9.17, 15) is 9.59 Å². The van der Waals surface area contributed by atoms with E-state index in [0.29, 0.717) is 12.2 Å². The number of aryl methyl sites for hydroxylation is 2. The highest BCUT2D eigenvalue weighted by Gasteiger charge is 2.60. The zero-order valence-electron chi connectivity index (χ0n) is 19.6. The Hall–Kier alpha value is -3.86. The number of benzene rings is 3. The van der Waals surface area contributed by atoms with Crippen LogP contribution < -0.4 is 4.90 Å². The van der Waals surface area contributed by atoms with E-state index in [2.05, 4.69) is 42.2 Å². The molecule has 6 rings (SSSR count).